The van der Waals surface area contributed by atoms with Crippen LogP contribution in [0.4, 0.5) is 5.69 Å². The molecule has 0 fully saturated rings. The molecule has 7 nitrogen and oxygen atoms in total. The quantitative estimate of drug-likeness (QED) is 0.387. The maximum Gasteiger partial charge on any atom is 0.339 e. The number of rotatable bonds is 5. The molecule has 180 valence electrons. The lowest BCUT2D eigenvalue weighted by atomic mass is 10.1. The molecule has 0 aliphatic carbocycles. The number of nitriles is 1. The summed E-state index contributed by atoms with van der Waals surface area (Å²) in [5.41, 5.74) is 1.04. The summed E-state index contributed by atoms with van der Waals surface area (Å²) in [4.78, 5) is -0.124. The Balaban J connectivity index is 1.86. The van der Waals surface area contributed by atoms with Gasteiger partial charge in [0, 0.05) is 28.6 Å². The predicted molar refractivity (Wildman–Crippen MR) is 134 cm³/mol. The van der Waals surface area contributed by atoms with Gasteiger partial charge in [0.05, 0.1) is 22.2 Å². The van der Waals surface area contributed by atoms with Gasteiger partial charge in [0.25, 0.3) is 10.0 Å². The number of nitrogens with zero attached hydrogens (tertiary/aromatic N) is 2. The van der Waals surface area contributed by atoms with E-state index in [0.29, 0.717) is 5.02 Å². The summed E-state index contributed by atoms with van der Waals surface area (Å²) < 4.78 is 59.8. The van der Waals surface area contributed by atoms with Gasteiger partial charge in [-0.25, -0.2) is 8.42 Å². The highest BCUT2D eigenvalue weighted by Gasteiger charge is 2.34. The van der Waals surface area contributed by atoms with Gasteiger partial charge in [0.1, 0.15) is 4.90 Å². The van der Waals surface area contributed by atoms with Crippen molar-refractivity contribution >= 4 is 54.8 Å². The second kappa shape index (κ2) is 9.55. The fourth-order valence-electron chi connectivity index (χ4n) is 3.56. The van der Waals surface area contributed by atoms with Crippen molar-refractivity contribution in [1.29, 1.82) is 5.26 Å². The van der Waals surface area contributed by atoms with Crippen LogP contribution < -0.4 is 4.31 Å². The van der Waals surface area contributed by atoms with Gasteiger partial charge in [-0.1, -0.05) is 40.9 Å². The third-order valence-electron chi connectivity index (χ3n) is 5.35. The van der Waals surface area contributed by atoms with Gasteiger partial charge in [-0.3, -0.25) is 4.31 Å². The first-order valence-electron chi connectivity index (χ1n) is 10.3. The zero-order valence-electron chi connectivity index (χ0n) is 18.3. The molecule has 0 radical (unpaired) electrons. The van der Waals surface area contributed by atoms with Crippen molar-refractivity contribution in [3.8, 4) is 6.07 Å². The van der Waals surface area contributed by atoms with Crippen molar-refractivity contribution in [1.82, 2.24) is 0 Å². The number of fused-ring (bicyclic) bond motifs is 1. The molecule has 1 aliphatic rings. The van der Waals surface area contributed by atoms with Gasteiger partial charge >= 0.3 is 10.1 Å². The Morgan fingerprint density at radius 2 is 1.49 bits per heavy atom. The van der Waals surface area contributed by atoms with Crippen molar-refractivity contribution in [3.63, 3.8) is 0 Å². The van der Waals surface area contributed by atoms with E-state index < -0.39 is 20.1 Å². The molecule has 3 aromatic carbocycles. The first-order chi connectivity index (χ1) is 16.5. The van der Waals surface area contributed by atoms with Crippen LogP contribution >= 0.6 is 23.2 Å². The molecular weight excluding hydrogens is 531 g/mol. The molecule has 0 N–H and O–H groups in total. The van der Waals surface area contributed by atoms with Crippen LogP contribution in [0.15, 0.2) is 82.1 Å². The zero-order chi connectivity index (χ0) is 25.4. The molecule has 3 aromatic rings. The first-order valence-corrected chi connectivity index (χ1v) is 13.9. The maximum absolute atomic E-state index is 13.5. The second-order valence-corrected chi connectivity index (χ2v) is 12.0. The van der Waals surface area contributed by atoms with Crippen molar-refractivity contribution in [2.24, 2.45) is 0 Å². The lowest BCUT2D eigenvalue weighted by Gasteiger charge is -2.25. The largest absolute Gasteiger partial charge is 0.377 e. The smallest absolute Gasteiger partial charge is 0.339 e. The van der Waals surface area contributed by atoms with Gasteiger partial charge in [-0.15, -0.1) is 0 Å². The number of aryl methyl sites for hydroxylation is 1. The van der Waals surface area contributed by atoms with Crippen molar-refractivity contribution < 1.29 is 21.0 Å². The fourth-order valence-corrected chi connectivity index (χ4v) is 6.31. The van der Waals surface area contributed by atoms with E-state index >= 15 is 0 Å². The number of benzene rings is 3. The standard InChI is InChI=1S/C24H18Cl2N2O5S2/c1-16-2-7-21(8-3-16)35(31,32)33-24-17(15-27)12-13-28(23-14-19(26)6-11-22(23)24)34(29,30)20-9-4-18(25)5-10-20/h2-11,14H,12-13H2,1H3. The molecule has 0 aromatic heterocycles. The van der Waals surface area contributed by atoms with Crippen LogP contribution in [0.2, 0.25) is 10.0 Å². The number of hydrogen-bond acceptors (Lipinski definition) is 6. The van der Waals surface area contributed by atoms with E-state index in [1.807, 2.05) is 13.0 Å². The Labute approximate surface area is 214 Å². The minimum atomic E-state index is -4.32. The maximum atomic E-state index is 13.5. The van der Waals surface area contributed by atoms with Crippen molar-refractivity contribution in [2.45, 2.75) is 23.1 Å². The summed E-state index contributed by atoms with van der Waals surface area (Å²) in [7, 11) is -8.44. The average molecular weight is 549 g/mol. The Bertz CT molecular complexity index is 1580. The molecular formula is C24H18Cl2N2O5S2. The lowest BCUT2D eigenvalue weighted by molar-refractivity contribution is 0.461. The Kier molecular flexibility index (Phi) is 6.84. The van der Waals surface area contributed by atoms with Crippen molar-refractivity contribution in [3.05, 3.63) is 93.5 Å². The molecule has 1 aliphatic heterocycles. The fraction of sp³-hybridized carbons (Fsp3) is 0.125. The highest BCUT2D eigenvalue weighted by molar-refractivity contribution is 7.92. The van der Waals surface area contributed by atoms with Gasteiger partial charge in [-0.2, -0.15) is 13.7 Å². The van der Waals surface area contributed by atoms with Crippen LogP contribution in [0.3, 0.4) is 0 Å². The molecule has 0 atom stereocenters. The highest BCUT2D eigenvalue weighted by Crippen LogP contribution is 2.40. The van der Waals surface area contributed by atoms with Crippen molar-refractivity contribution in [2.75, 3.05) is 10.8 Å². The van der Waals surface area contributed by atoms with Crippen LogP contribution in [0.25, 0.3) is 5.76 Å². The first kappa shape index (κ1) is 25.1. The third kappa shape index (κ3) is 5.02. The van der Waals surface area contributed by atoms with E-state index in [4.69, 9.17) is 27.4 Å². The molecule has 0 amide bonds. The molecule has 4 rings (SSSR count). The molecule has 0 spiro atoms. The summed E-state index contributed by atoms with van der Waals surface area (Å²) >= 11 is 12.1. The van der Waals surface area contributed by atoms with E-state index in [9.17, 15) is 22.1 Å². The number of sulfonamides is 1. The monoisotopic (exact) mass is 548 g/mol. The molecule has 1 heterocycles. The SMILES string of the molecule is Cc1ccc(S(=O)(=O)OC2=C(C#N)CCN(S(=O)(=O)c3ccc(Cl)cc3)c3cc(Cl)ccc32)cc1. The van der Waals surface area contributed by atoms with E-state index in [0.717, 1.165) is 9.87 Å². The van der Waals surface area contributed by atoms with Crippen LogP contribution in [-0.2, 0) is 24.3 Å². The molecule has 11 heteroatoms. The van der Waals surface area contributed by atoms with E-state index in [-0.39, 0.29) is 50.4 Å². The normalized spacial score (nSPS) is 14.2. The summed E-state index contributed by atoms with van der Waals surface area (Å²) in [6.07, 6.45) is -0.0889. The minimum absolute atomic E-state index is 0.0157. The zero-order valence-corrected chi connectivity index (χ0v) is 21.4. The molecule has 0 unspecified atom stereocenters. The van der Waals surface area contributed by atoms with E-state index in [1.54, 1.807) is 12.1 Å². The highest BCUT2D eigenvalue weighted by atomic mass is 35.5. The van der Waals surface area contributed by atoms with Gasteiger partial charge in [-0.05, 0) is 61.5 Å². The van der Waals surface area contributed by atoms with Crippen LogP contribution in [0.5, 0.6) is 0 Å². The summed E-state index contributed by atoms with van der Waals surface area (Å²) in [5, 5.41) is 10.4. The molecule has 0 saturated carbocycles. The molecule has 0 bridgehead atoms. The Morgan fingerprint density at radius 3 is 2.11 bits per heavy atom. The Morgan fingerprint density at radius 1 is 0.886 bits per heavy atom. The van der Waals surface area contributed by atoms with Gasteiger partial charge < -0.3 is 4.18 Å². The number of hydrogen-bond donors (Lipinski definition) is 0. The summed E-state index contributed by atoms with van der Waals surface area (Å²) in [6, 6.07) is 17.9. The summed E-state index contributed by atoms with van der Waals surface area (Å²) in [6.45, 7) is 1.67. The van der Waals surface area contributed by atoms with Crippen LogP contribution in [-0.4, -0.2) is 23.4 Å². The predicted octanol–water partition coefficient (Wildman–Crippen LogP) is 5.54. The molecule has 0 saturated heterocycles. The number of anilines is 1. The van der Waals surface area contributed by atoms with Crippen LogP contribution in [0.1, 0.15) is 17.5 Å². The van der Waals surface area contributed by atoms with E-state index in [1.165, 1.54) is 54.6 Å². The topological polar surface area (TPSA) is 105 Å². The summed E-state index contributed by atoms with van der Waals surface area (Å²) in [5.74, 6) is -0.242. The average Bonchev–Trinajstić information content (AvgIpc) is 2.96. The molecule has 35 heavy (non-hydrogen) atoms. The third-order valence-corrected chi connectivity index (χ3v) is 8.90. The minimum Gasteiger partial charge on any atom is -0.377 e. The Hall–Kier alpha value is -3.03. The van der Waals surface area contributed by atoms with Gasteiger partial charge in [0.2, 0.25) is 0 Å². The lowest BCUT2D eigenvalue weighted by Crippen LogP contribution is -2.32. The second-order valence-electron chi connectivity index (χ2n) is 7.71. The van der Waals surface area contributed by atoms with Gasteiger partial charge in [0.15, 0.2) is 5.76 Å². The van der Waals surface area contributed by atoms with E-state index in [2.05, 4.69) is 0 Å². The number of halogens is 2. The van der Waals surface area contributed by atoms with Crippen LogP contribution in [0, 0.1) is 18.3 Å².